The highest BCUT2D eigenvalue weighted by Gasteiger charge is 2.34. The van der Waals surface area contributed by atoms with Crippen molar-refractivity contribution in [1.82, 2.24) is 10.2 Å². The Bertz CT molecular complexity index is 326. The van der Waals surface area contributed by atoms with Crippen LogP contribution in [0.15, 0.2) is 0 Å². The summed E-state index contributed by atoms with van der Waals surface area (Å²) in [7, 11) is 2.15. The third-order valence-corrected chi connectivity index (χ3v) is 4.85. The fourth-order valence-corrected chi connectivity index (χ4v) is 3.39. The molecule has 23 heavy (non-hydrogen) atoms. The first-order valence-corrected chi connectivity index (χ1v) is 8.86. The Balaban J connectivity index is 2.11. The van der Waals surface area contributed by atoms with Crippen LogP contribution in [0.4, 0.5) is 8.78 Å². The van der Waals surface area contributed by atoms with Gasteiger partial charge in [-0.1, -0.05) is 26.7 Å². The molecule has 0 amide bonds. The van der Waals surface area contributed by atoms with Gasteiger partial charge in [0, 0.05) is 13.1 Å². The van der Waals surface area contributed by atoms with Gasteiger partial charge in [0.1, 0.15) is 0 Å². The maximum atomic E-state index is 12.4. The molecule has 0 aromatic heterocycles. The van der Waals surface area contributed by atoms with E-state index in [1.807, 2.05) is 0 Å². The van der Waals surface area contributed by atoms with Crippen molar-refractivity contribution in [3.05, 3.63) is 0 Å². The number of hydrogen-bond acceptors (Lipinski definition) is 4. The summed E-state index contributed by atoms with van der Waals surface area (Å²) in [5, 5.41) is 20.2. The van der Waals surface area contributed by atoms with Crippen LogP contribution < -0.4 is 5.32 Å². The van der Waals surface area contributed by atoms with Crippen LogP contribution in [0, 0.1) is 17.8 Å². The number of aliphatic hydroxyl groups is 2. The van der Waals surface area contributed by atoms with Gasteiger partial charge in [-0.2, -0.15) is 8.78 Å². The average Bonchev–Trinajstić information content (AvgIpc) is 2.44. The Hall–Kier alpha value is -0.300. The number of halogens is 2. The highest BCUT2D eigenvalue weighted by Crippen LogP contribution is 2.28. The standard InChI is InChI=1S/C17H34F2N2O2/c1-13-5-4-6-15(9-13)12-21(3)8-7-14(2)10-20-11-16(22)17(18,19)23/h13-16,20,22-23H,4-12H2,1-3H3/t13-,14+,15?,16?/m1/s1. The predicted octanol–water partition coefficient (Wildman–Crippen LogP) is 2.31. The molecule has 138 valence electrons. The maximum Gasteiger partial charge on any atom is 0.380 e. The van der Waals surface area contributed by atoms with Gasteiger partial charge in [0.05, 0.1) is 0 Å². The molecule has 0 spiro atoms. The lowest BCUT2D eigenvalue weighted by molar-refractivity contribution is -0.256. The predicted molar refractivity (Wildman–Crippen MR) is 88.4 cm³/mol. The highest BCUT2D eigenvalue weighted by atomic mass is 19.3. The smallest absolute Gasteiger partial charge is 0.380 e. The molecule has 0 aromatic carbocycles. The zero-order valence-corrected chi connectivity index (χ0v) is 14.8. The lowest BCUT2D eigenvalue weighted by Crippen LogP contribution is -2.42. The minimum atomic E-state index is -4.03. The maximum absolute atomic E-state index is 12.4. The second kappa shape index (κ2) is 9.87. The van der Waals surface area contributed by atoms with Gasteiger partial charge < -0.3 is 20.4 Å². The van der Waals surface area contributed by atoms with Crippen molar-refractivity contribution in [2.45, 2.75) is 58.2 Å². The van der Waals surface area contributed by atoms with E-state index in [4.69, 9.17) is 10.2 Å². The monoisotopic (exact) mass is 336 g/mol. The number of alkyl halides is 2. The van der Waals surface area contributed by atoms with Gasteiger partial charge in [-0.15, -0.1) is 0 Å². The Kier molecular flexibility index (Phi) is 8.90. The highest BCUT2D eigenvalue weighted by molar-refractivity contribution is 4.73. The normalized spacial score (nSPS) is 25.6. The van der Waals surface area contributed by atoms with E-state index in [-0.39, 0.29) is 6.54 Å². The second-order valence-corrected chi connectivity index (χ2v) is 7.56. The van der Waals surface area contributed by atoms with E-state index in [2.05, 4.69) is 31.1 Å². The third-order valence-electron chi connectivity index (χ3n) is 4.85. The Morgan fingerprint density at radius 3 is 2.61 bits per heavy atom. The summed E-state index contributed by atoms with van der Waals surface area (Å²) in [6, 6.07) is 0. The van der Waals surface area contributed by atoms with Crippen molar-refractivity contribution in [1.29, 1.82) is 0 Å². The molecule has 1 aliphatic rings. The molecule has 0 saturated heterocycles. The fourth-order valence-electron chi connectivity index (χ4n) is 3.39. The van der Waals surface area contributed by atoms with Crippen LogP contribution in [0.2, 0.25) is 0 Å². The molecule has 1 saturated carbocycles. The molecule has 4 atom stereocenters. The molecule has 0 bridgehead atoms. The first-order valence-electron chi connectivity index (χ1n) is 8.86. The van der Waals surface area contributed by atoms with E-state index in [1.165, 1.54) is 25.7 Å². The lowest BCUT2D eigenvalue weighted by atomic mass is 9.82. The van der Waals surface area contributed by atoms with Gasteiger partial charge in [0.2, 0.25) is 0 Å². The van der Waals surface area contributed by atoms with Gasteiger partial charge in [-0.25, -0.2) is 0 Å². The molecular weight excluding hydrogens is 302 g/mol. The molecule has 0 aliphatic heterocycles. The average molecular weight is 336 g/mol. The van der Waals surface area contributed by atoms with Crippen molar-refractivity contribution in [2.24, 2.45) is 17.8 Å². The summed E-state index contributed by atoms with van der Waals surface area (Å²) in [6.45, 7) is 6.79. The van der Waals surface area contributed by atoms with E-state index in [9.17, 15) is 8.78 Å². The summed E-state index contributed by atoms with van der Waals surface area (Å²) >= 11 is 0. The molecule has 0 aromatic rings. The van der Waals surface area contributed by atoms with Crippen LogP contribution in [-0.4, -0.2) is 60.6 Å². The molecule has 1 rings (SSSR count). The molecule has 4 nitrogen and oxygen atoms in total. The number of nitrogens with zero attached hydrogens (tertiary/aromatic N) is 1. The summed E-state index contributed by atoms with van der Waals surface area (Å²) in [5.41, 5.74) is 0. The molecular formula is C17H34F2N2O2. The SMILES string of the molecule is C[C@@H]1CCCC(CN(C)CC[C@H](C)CNCC(O)C(O)(F)F)C1. The number of nitrogens with one attached hydrogen (secondary N) is 1. The molecule has 3 N–H and O–H groups in total. The van der Waals surface area contributed by atoms with Crippen molar-refractivity contribution in [2.75, 3.05) is 33.2 Å². The summed E-state index contributed by atoms with van der Waals surface area (Å²) < 4.78 is 24.8. The molecule has 0 heterocycles. The number of hydrogen-bond donors (Lipinski definition) is 3. The van der Waals surface area contributed by atoms with Crippen molar-refractivity contribution < 1.29 is 19.0 Å². The number of aliphatic hydroxyl groups excluding tert-OH is 1. The summed E-state index contributed by atoms with van der Waals surface area (Å²) in [4.78, 5) is 2.37. The van der Waals surface area contributed by atoms with Crippen LogP contribution in [-0.2, 0) is 0 Å². The first-order chi connectivity index (χ1) is 10.7. The second-order valence-electron chi connectivity index (χ2n) is 7.56. The first kappa shape index (κ1) is 20.7. The van der Waals surface area contributed by atoms with Crippen LogP contribution in [0.3, 0.4) is 0 Å². The van der Waals surface area contributed by atoms with E-state index in [0.29, 0.717) is 12.5 Å². The van der Waals surface area contributed by atoms with Crippen LogP contribution in [0.25, 0.3) is 0 Å². The Morgan fingerprint density at radius 1 is 1.30 bits per heavy atom. The Labute approximate surface area is 139 Å². The minimum absolute atomic E-state index is 0.302. The molecule has 6 heteroatoms. The van der Waals surface area contributed by atoms with Crippen molar-refractivity contribution >= 4 is 0 Å². The van der Waals surface area contributed by atoms with Crippen LogP contribution in [0.1, 0.15) is 46.0 Å². The van der Waals surface area contributed by atoms with Gasteiger partial charge in [0.15, 0.2) is 6.10 Å². The van der Waals surface area contributed by atoms with E-state index in [1.54, 1.807) is 0 Å². The van der Waals surface area contributed by atoms with E-state index in [0.717, 1.165) is 31.3 Å². The van der Waals surface area contributed by atoms with Crippen LogP contribution in [0.5, 0.6) is 0 Å². The topological polar surface area (TPSA) is 55.7 Å². The van der Waals surface area contributed by atoms with Crippen LogP contribution >= 0.6 is 0 Å². The van der Waals surface area contributed by atoms with Crippen molar-refractivity contribution in [3.8, 4) is 0 Å². The quantitative estimate of drug-likeness (QED) is 0.573. The third kappa shape index (κ3) is 8.94. The van der Waals surface area contributed by atoms with E-state index >= 15 is 0 Å². The van der Waals surface area contributed by atoms with Gasteiger partial charge in [-0.05, 0) is 57.2 Å². The Morgan fingerprint density at radius 2 is 2.00 bits per heavy atom. The lowest BCUT2D eigenvalue weighted by Gasteiger charge is -2.30. The molecule has 1 fully saturated rings. The van der Waals surface area contributed by atoms with Gasteiger partial charge >= 0.3 is 6.11 Å². The fraction of sp³-hybridized carbons (Fsp3) is 1.00. The van der Waals surface area contributed by atoms with Gasteiger partial charge in [0.25, 0.3) is 0 Å². The largest absolute Gasteiger partial charge is 0.383 e. The zero-order chi connectivity index (χ0) is 17.5. The minimum Gasteiger partial charge on any atom is -0.383 e. The number of rotatable bonds is 10. The molecule has 1 aliphatic carbocycles. The summed E-state index contributed by atoms with van der Waals surface area (Å²) in [6.07, 6.45) is 0.267. The summed E-state index contributed by atoms with van der Waals surface area (Å²) in [5.74, 6) is 1.99. The molecule has 2 unspecified atom stereocenters. The molecule has 0 radical (unpaired) electrons. The van der Waals surface area contributed by atoms with E-state index < -0.39 is 12.2 Å². The van der Waals surface area contributed by atoms with Crippen molar-refractivity contribution in [3.63, 3.8) is 0 Å². The van der Waals surface area contributed by atoms with Gasteiger partial charge in [-0.3, -0.25) is 0 Å². The zero-order valence-electron chi connectivity index (χ0n) is 14.8.